The minimum absolute atomic E-state index is 0.677. The highest BCUT2D eigenvalue weighted by molar-refractivity contribution is 6.66. The van der Waals surface area contributed by atoms with Gasteiger partial charge < -0.3 is 13.3 Å². The predicted molar refractivity (Wildman–Crippen MR) is 62.5 cm³/mol. The predicted octanol–water partition coefficient (Wildman–Crippen LogP) is 2.54. The van der Waals surface area contributed by atoms with E-state index in [0.717, 1.165) is 6.61 Å². The molecule has 3 nitrogen and oxygen atoms in total. The molecule has 0 N–H and O–H groups in total. The molecule has 0 amide bonds. The van der Waals surface area contributed by atoms with Gasteiger partial charge in [0.25, 0.3) is 0 Å². The summed E-state index contributed by atoms with van der Waals surface area (Å²) in [5.41, 5.74) is 1.69. The van der Waals surface area contributed by atoms with Gasteiger partial charge >= 0.3 is 8.80 Å². The zero-order valence-corrected chi connectivity index (χ0v) is 10.8. The van der Waals surface area contributed by atoms with Gasteiger partial charge in [0.2, 0.25) is 0 Å². The summed E-state index contributed by atoms with van der Waals surface area (Å²) in [7, 11) is 0.709. The fraction of sp³-hybridized carbons (Fsp3) is 0.818. The van der Waals surface area contributed by atoms with E-state index in [4.69, 9.17) is 13.3 Å². The normalized spacial score (nSPS) is 19.1. The Labute approximate surface area is 93.8 Å². The maximum Gasteiger partial charge on any atom is 0.528 e. The van der Waals surface area contributed by atoms with Gasteiger partial charge in [-0.3, -0.25) is 0 Å². The molecule has 0 saturated heterocycles. The molecule has 0 radical (unpaired) electrons. The largest absolute Gasteiger partial charge is 0.528 e. The summed E-state index contributed by atoms with van der Waals surface area (Å²) >= 11 is 0. The van der Waals surface area contributed by atoms with E-state index in [1.165, 1.54) is 32.1 Å². The first-order valence-electron chi connectivity index (χ1n) is 5.64. The van der Waals surface area contributed by atoms with Gasteiger partial charge in [-0.2, -0.15) is 0 Å². The maximum absolute atomic E-state index is 5.79. The molecule has 1 aliphatic rings. The van der Waals surface area contributed by atoms with Gasteiger partial charge in [-0.15, -0.1) is 0 Å². The van der Waals surface area contributed by atoms with Crippen LogP contribution < -0.4 is 0 Å². The molecule has 4 heteroatoms. The van der Waals surface area contributed by atoms with Crippen molar-refractivity contribution in [1.29, 1.82) is 0 Å². The van der Waals surface area contributed by atoms with E-state index < -0.39 is 8.80 Å². The molecular weight excluding hydrogens is 208 g/mol. The molecule has 1 fully saturated rings. The molecule has 0 aromatic carbocycles. The van der Waals surface area contributed by atoms with Crippen molar-refractivity contribution in [2.75, 3.05) is 20.8 Å². The Hall–Kier alpha value is -0.163. The minimum atomic E-state index is -2.54. The first kappa shape index (κ1) is 12.9. The Morgan fingerprint density at radius 1 is 1.20 bits per heavy atom. The van der Waals surface area contributed by atoms with Gasteiger partial charge in [-0.1, -0.05) is 25.8 Å². The third-order valence-electron chi connectivity index (χ3n) is 3.06. The lowest BCUT2D eigenvalue weighted by Crippen LogP contribution is -2.43. The van der Waals surface area contributed by atoms with Crippen LogP contribution in [0.5, 0.6) is 0 Å². The SMILES string of the molecule is C=C[Si](OC)(OC)OCC1CCCCC1. The summed E-state index contributed by atoms with van der Waals surface area (Å²) in [5, 5.41) is 0. The zero-order chi connectivity index (χ0) is 11.1. The van der Waals surface area contributed by atoms with Crippen LogP contribution in [0.25, 0.3) is 0 Å². The molecule has 1 aliphatic carbocycles. The van der Waals surface area contributed by atoms with Crippen LogP contribution in [-0.2, 0) is 13.3 Å². The Morgan fingerprint density at radius 2 is 1.80 bits per heavy atom. The van der Waals surface area contributed by atoms with E-state index in [9.17, 15) is 0 Å². The van der Waals surface area contributed by atoms with E-state index in [1.54, 1.807) is 19.9 Å². The molecule has 88 valence electrons. The Kier molecular flexibility index (Phi) is 5.53. The number of hydrogen-bond acceptors (Lipinski definition) is 3. The van der Waals surface area contributed by atoms with Crippen LogP contribution in [0.2, 0.25) is 0 Å². The van der Waals surface area contributed by atoms with Gasteiger partial charge in [0, 0.05) is 20.8 Å². The number of rotatable bonds is 6. The fourth-order valence-electron chi connectivity index (χ4n) is 2.01. The van der Waals surface area contributed by atoms with Gasteiger partial charge in [0.1, 0.15) is 0 Å². The summed E-state index contributed by atoms with van der Waals surface area (Å²) in [6, 6.07) is 0. The van der Waals surface area contributed by atoms with Crippen molar-refractivity contribution >= 4 is 8.80 Å². The molecular formula is C11H22O3Si. The number of hydrogen-bond donors (Lipinski definition) is 0. The molecule has 15 heavy (non-hydrogen) atoms. The minimum Gasteiger partial charge on any atom is -0.374 e. The lowest BCUT2D eigenvalue weighted by atomic mass is 9.90. The van der Waals surface area contributed by atoms with Crippen LogP contribution in [0.1, 0.15) is 32.1 Å². The molecule has 0 aromatic rings. The van der Waals surface area contributed by atoms with E-state index in [1.807, 2.05) is 0 Å². The van der Waals surface area contributed by atoms with Crippen LogP contribution in [0.4, 0.5) is 0 Å². The zero-order valence-electron chi connectivity index (χ0n) is 9.83. The highest BCUT2D eigenvalue weighted by atomic mass is 28.4. The van der Waals surface area contributed by atoms with Crippen LogP contribution >= 0.6 is 0 Å². The third-order valence-corrected chi connectivity index (χ3v) is 5.27. The van der Waals surface area contributed by atoms with E-state index >= 15 is 0 Å². The second-order valence-electron chi connectivity index (χ2n) is 4.03. The van der Waals surface area contributed by atoms with Crippen LogP contribution in [0.15, 0.2) is 12.3 Å². The van der Waals surface area contributed by atoms with Gasteiger partial charge in [-0.05, 0) is 24.5 Å². The molecule has 1 rings (SSSR count). The molecule has 0 heterocycles. The summed E-state index contributed by atoms with van der Waals surface area (Å²) in [6.45, 7) is 4.48. The van der Waals surface area contributed by atoms with Crippen LogP contribution in [0, 0.1) is 5.92 Å². The highest BCUT2D eigenvalue weighted by Gasteiger charge is 2.36. The average Bonchev–Trinajstić information content (AvgIpc) is 2.33. The second-order valence-corrected chi connectivity index (χ2v) is 6.75. The van der Waals surface area contributed by atoms with Crippen molar-refractivity contribution in [2.45, 2.75) is 32.1 Å². The highest BCUT2D eigenvalue weighted by Crippen LogP contribution is 2.25. The molecule has 0 unspecified atom stereocenters. The first-order valence-corrected chi connectivity index (χ1v) is 7.44. The lowest BCUT2D eigenvalue weighted by molar-refractivity contribution is 0.0859. The molecule has 0 bridgehead atoms. The van der Waals surface area contributed by atoms with Crippen molar-refractivity contribution in [3.8, 4) is 0 Å². The summed E-state index contributed by atoms with van der Waals surface area (Å²) in [6.07, 6.45) is 6.58. The van der Waals surface area contributed by atoms with Crippen LogP contribution in [-0.4, -0.2) is 29.6 Å². The average molecular weight is 230 g/mol. The molecule has 0 spiro atoms. The molecule has 0 aromatic heterocycles. The Bertz CT molecular complexity index is 186. The monoisotopic (exact) mass is 230 g/mol. The summed E-state index contributed by atoms with van der Waals surface area (Å²) < 4.78 is 16.4. The molecule has 0 aliphatic heterocycles. The van der Waals surface area contributed by atoms with Gasteiger partial charge in [-0.25, -0.2) is 0 Å². The van der Waals surface area contributed by atoms with E-state index in [2.05, 4.69) is 6.58 Å². The fourth-order valence-corrected chi connectivity index (χ4v) is 3.34. The van der Waals surface area contributed by atoms with Gasteiger partial charge in [0.15, 0.2) is 0 Å². The Morgan fingerprint density at radius 3 is 2.27 bits per heavy atom. The smallest absolute Gasteiger partial charge is 0.374 e. The Balaban J connectivity index is 2.35. The molecule has 0 atom stereocenters. The van der Waals surface area contributed by atoms with Crippen molar-refractivity contribution < 1.29 is 13.3 Å². The van der Waals surface area contributed by atoms with E-state index in [0.29, 0.717) is 5.92 Å². The van der Waals surface area contributed by atoms with Crippen molar-refractivity contribution in [2.24, 2.45) is 5.92 Å². The quantitative estimate of drug-likeness (QED) is 0.656. The van der Waals surface area contributed by atoms with Crippen molar-refractivity contribution in [1.82, 2.24) is 0 Å². The lowest BCUT2D eigenvalue weighted by Gasteiger charge is -2.27. The molecule has 1 saturated carbocycles. The first-order chi connectivity index (χ1) is 7.26. The van der Waals surface area contributed by atoms with Crippen LogP contribution in [0.3, 0.4) is 0 Å². The second kappa shape index (κ2) is 6.43. The summed E-state index contributed by atoms with van der Waals surface area (Å²) in [4.78, 5) is 0. The van der Waals surface area contributed by atoms with Crippen molar-refractivity contribution in [3.63, 3.8) is 0 Å². The van der Waals surface area contributed by atoms with E-state index in [-0.39, 0.29) is 0 Å². The van der Waals surface area contributed by atoms with Crippen molar-refractivity contribution in [3.05, 3.63) is 12.3 Å². The third kappa shape index (κ3) is 3.72. The topological polar surface area (TPSA) is 27.7 Å². The van der Waals surface area contributed by atoms with Gasteiger partial charge in [0.05, 0.1) is 0 Å². The summed E-state index contributed by atoms with van der Waals surface area (Å²) in [5.74, 6) is 0.677. The standard InChI is InChI=1S/C11H22O3Si/c1-4-15(12-2,13-3)14-10-11-8-6-5-7-9-11/h4,11H,1,5-10H2,2-3H3. The maximum atomic E-state index is 5.79.